The molecule has 0 radical (unpaired) electrons. The highest BCUT2D eigenvalue weighted by Gasteiger charge is 2.73. The molecule has 0 spiro atoms. The number of carbonyl (C=O) groups excluding carboxylic acids is 1. The number of aromatic nitrogens is 2. The summed E-state index contributed by atoms with van der Waals surface area (Å²) in [6, 6.07) is 5.07. The molecule has 1 N–H and O–H groups in total. The van der Waals surface area contributed by atoms with E-state index in [1.54, 1.807) is 0 Å². The summed E-state index contributed by atoms with van der Waals surface area (Å²) in [5.74, 6) is -2.59. The van der Waals surface area contributed by atoms with Gasteiger partial charge in [-0.05, 0) is 42.7 Å². The Bertz CT molecular complexity index is 1630. The van der Waals surface area contributed by atoms with Crippen LogP contribution >= 0.6 is 23.2 Å². The number of amides is 1. The van der Waals surface area contributed by atoms with Gasteiger partial charge in [-0.3, -0.25) is 9.69 Å². The topological polar surface area (TPSA) is 91.4 Å². The maximum atomic E-state index is 14.7. The Morgan fingerprint density at radius 3 is 2.11 bits per heavy atom. The number of alkyl halides is 10. The third-order valence-corrected chi connectivity index (χ3v) is 7.23. The molecule has 1 amide bonds. The van der Waals surface area contributed by atoms with E-state index >= 15 is 0 Å². The van der Waals surface area contributed by atoms with Crippen LogP contribution in [0.3, 0.4) is 0 Å². The Morgan fingerprint density at radius 1 is 1.00 bits per heavy atom. The summed E-state index contributed by atoms with van der Waals surface area (Å²) in [6.07, 6.45) is -16.5. The lowest BCUT2D eigenvalue weighted by atomic mass is 9.93. The molecule has 1 aliphatic carbocycles. The summed E-state index contributed by atoms with van der Waals surface area (Å²) in [5, 5.41) is 21.5. The maximum Gasteiger partial charge on any atom is 0.573 e. The second-order valence-corrected chi connectivity index (χ2v) is 10.2. The van der Waals surface area contributed by atoms with Gasteiger partial charge in [-0.2, -0.15) is 36.7 Å². The Hall–Kier alpha value is -3.75. The average molecular weight is 679 g/mol. The number of aliphatic hydroxyl groups is 1. The van der Waals surface area contributed by atoms with E-state index in [0.29, 0.717) is 4.68 Å². The van der Waals surface area contributed by atoms with Gasteiger partial charge in [0.15, 0.2) is 5.75 Å². The molecule has 0 unspecified atom stereocenters. The number of carbonyl (C=O) groups is 1. The predicted octanol–water partition coefficient (Wildman–Crippen LogP) is 7.48. The minimum Gasteiger partial charge on any atom is -0.403 e. The molecule has 1 fully saturated rings. The van der Waals surface area contributed by atoms with Crippen molar-refractivity contribution in [1.29, 1.82) is 5.26 Å². The number of hydrogen-bond donors (Lipinski definition) is 1. The number of nitrogens with zero attached hydrogens (tertiary/aromatic N) is 4. The van der Waals surface area contributed by atoms with Gasteiger partial charge in [0.1, 0.15) is 18.0 Å². The Kier molecular flexibility index (Phi) is 8.29. The zero-order valence-corrected chi connectivity index (χ0v) is 22.8. The van der Waals surface area contributed by atoms with Crippen LogP contribution in [0.2, 0.25) is 10.0 Å². The zero-order valence-electron chi connectivity index (χ0n) is 21.3. The summed E-state index contributed by atoms with van der Waals surface area (Å²) >= 11 is 12.0. The van der Waals surface area contributed by atoms with Crippen molar-refractivity contribution in [3.8, 4) is 28.6 Å². The minimum atomic E-state index is -6.66. The molecule has 0 bridgehead atoms. The van der Waals surface area contributed by atoms with Gasteiger partial charge in [0.05, 0.1) is 27.9 Å². The molecule has 1 heterocycles. The van der Waals surface area contributed by atoms with Gasteiger partial charge < -0.3 is 9.84 Å². The van der Waals surface area contributed by atoms with Crippen LogP contribution < -0.4 is 4.74 Å². The second kappa shape index (κ2) is 11.0. The molecule has 2 aromatic carbocycles. The second-order valence-electron chi connectivity index (χ2n) is 9.39. The molecule has 1 aromatic heterocycles. The van der Waals surface area contributed by atoms with Gasteiger partial charge in [-0.25, -0.2) is 9.07 Å². The highest BCUT2D eigenvalue weighted by atomic mass is 35.5. The molecule has 0 aliphatic heterocycles. The quantitative estimate of drug-likeness (QED) is 0.207. The van der Waals surface area contributed by atoms with Crippen LogP contribution in [0, 0.1) is 11.3 Å². The lowest BCUT2D eigenvalue weighted by Gasteiger charge is -2.31. The van der Waals surface area contributed by atoms with E-state index in [2.05, 4.69) is 9.84 Å². The van der Waals surface area contributed by atoms with Crippen molar-refractivity contribution < 1.29 is 58.5 Å². The first kappa shape index (κ1) is 33.1. The largest absolute Gasteiger partial charge is 0.573 e. The molecule has 0 saturated heterocycles. The number of benzene rings is 2. The molecule has 7 nitrogen and oxygen atoms in total. The first-order valence-electron chi connectivity index (χ1n) is 11.8. The smallest absolute Gasteiger partial charge is 0.403 e. The number of nitriles is 1. The average Bonchev–Trinajstić information content (AvgIpc) is 3.54. The van der Waals surface area contributed by atoms with E-state index in [4.69, 9.17) is 23.2 Å². The SMILES string of the molecule is N#CC1(N(CO)C(=O)c2cc(-c3cnn(-c4c(Cl)cc(C(F)(C(F)(F)F)C(F)(F)F)cc4OC(F)(F)F)c3)ccc2Cl)CC1. The number of rotatable bonds is 7. The van der Waals surface area contributed by atoms with Gasteiger partial charge in [0.25, 0.3) is 5.91 Å². The van der Waals surface area contributed by atoms with Crippen molar-refractivity contribution in [1.82, 2.24) is 14.7 Å². The van der Waals surface area contributed by atoms with E-state index in [1.807, 2.05) is 6.07 Å². The standard InChI is InChI=1S/C25H14Cl2F10N4O3/c26-16-2-1-12(5-15(16)20(43)40(11-42)21(10-38)3-4-21)13-8-39-41(9-13)19-17(27)6-14(7-18(19)44-25(35,36)37)22(28,23(29,30)31)24(32,33)34/h1-2,5-9,42H,3-4,11H2. The Balaban J connectivity index is 1.82. The summed E-state index contributed by atoms with van der Waals surface area (Å²) in [4.78, 5) is 14.0. The van der Waals surface area contributed by atoms with Crippen molar-refractivity contribution in [2.45, 2.75) is 42.8 Å². The summed E-state index contributed by atoms with van der Waals surface area (Å²) < 4.78 is 138. The third-order valence-electron chi connectivity index (χ3n) is 6.61. The zero-order chi connectivity index (χ0) is 33.0. The monoisotopic (exact) mass is 678 g/mol. The van der Waals surface area contributed by atoms with E-state index in [9.17, 15) is 59.1 Å². The van der Waals surface area contributed by atoms with Crippen molar-refractivity contribution >= 4 is 29.1 Å². The first-order valence-corrected chi connectivity index (χ1v) is 12.6. The summed E-state index contributed by atoms with van der Waals surface area (Å²) in [6.45, 7) is -0.829. The number of ether oxygens (including phenoxy) is 1. The van der Waals surface area contributed by atoms with E-state index < -0.39 is 70.6 Å². The van der Waals surface area contributed by atoms with E-state index in [0.717, 1.165) is 17.3 Å². The van der Waals surface area contributed by atoms with Crippen LogP contribution in [0.4, 0.5) is 43.9 Å². The molecule has 19 heteroatoms. The fraction of sp³-hybridized carbons (Fsp3) is 0.320. The normalized spacial score (nSPS) is 15.1. The fourth-order valence-electron chi connectivity index (χ4n) is 4.25. The van der Waals surface area contributed by atoms with Gasteiger partial charge in [-0.1, -0.05) is 29.3 Å². The van der Waals surface area contributed by atoms with Crippen molar-refractivity contribution in [2.24, 2.45) is 0 Å². The molecular weight excluding hydrogens is 665 g/mol. The maximum absolute atomic E-state index is 14.7. The molecule has 4 rings (SSSR count). The number of halogens is 12. The lowest BCUT2D eigenvalue weighted by Crippen LogP contribution is -2.50. The highest BCUT2D eigenvalue weighted by molar-refractivity contribution is 6.34. The van der Waals surface area contributed by atoms with Crippen LogP contribution in [0.1, 0.15) is 28.8 Å². The third kappa shape index (κ3) is 5.85. The fourth-order valence-corrected chi connectivity index (χ4v) is 4.74. The van der Waals surface area contributed by atoms with Gasteiger partial charge in [-0.15, -0.1) is 13.2 Å². The minimum absolute atomic E-state index is 0.0104. The highest BCUT2D eigenvalue weighted by Crippen LogP contribution is 2.55. The molecule has 3 aromatic rings. The van der Waals surface area contributed by atoms with Crippen LogP contribution in [0.15, 0.2) is 42.7 Å². The summed E-state index contributed by atoms with van der Waals surface area (Å²) in [7, 11) is 0. The Morgan fingerprint density at radius 2 is 1.61 bits per heavy atom. The van der Waals surface area contributed by atoms with Crippen molar-refractivity contribution in [3.63, 3.8) is 0 Å². The van der Waals surface area contributed by atoms with Crippen LogP contribution in [0.5, 0.6) is 5.75 Å². The molecular formula is C25H14Cl2F10N4O3. The van der Waals surface area contributed by atoms with Gasteiger partial charge in [0, 0.05) is 17.3 Å². The van der Waals surface area contributed by atoms with E-state index in [-0.39, 0.29) is 40.6 Å². The van der Waals surface area contributed by atoms with Crippen molar-refractivity contribution in [2.75, 3.05) is 6.73 Å². The van der Waals surface area contributed by atoms with Crippen LogP contribution in [0.25, 0.3) is 16.8 Å². The van der Waals surface area contributed by atoms with Gasteiger partial charge >= 0.3 is 24.4 Å². The van der Waals surface area contributed by atoms with Crippen molar-refractivity contribution in [3.05, 3.63) is 63.9 Å². The van der Waals surface area contributed by atoms with Gasteiger partial charge in [0.2, 0.25) is 0 Å². The molecule has 236 valence electrons. The van der Waals surface area contributed by atoms with E-state index in [1.165, 1.54) is 18.2 Å². The molecule has 44 heavy (non-hydrogen) atoms. The molecule has 1 aliphatic rings. The number of hydrogen-bond acceptors (Lipinski definition) is 5. The molecule has 0 atom stereocenters. The summed E-state index contributed by atoms with van der Waals surface area (Å²) in [5.41, 5.74) is -10.8. The Labute approximate surface area is 249 Å². The predicted molar refractivity (Wildman–Crippen MR) is 131 cm³/mol. The van der Waals surface area contributed by atoms with Crippen LogP contribution in [-0.4, -0.2) is 56.7 Å². The molecule has 1 saturated carbocycles. The number of aliphatic hydroxyl groups excluding tert-OH is 1. The van der Waals surface area contributed by atoms with Crippen LogP contribution in [-0.2, 0) is 5.67 Å². The first-order chi connectivity index (χ1) is 20.2. The lowest BCUT2D eigenvalue weighted by molar-refractivity contribution is -0.348.